The summed E-state index contributed by atoms with van der Waals surface area (Å²) < 4.78 is 6.49. The van der Waals surface area contributed by atoms with E-state index in [4.69, 9.17) is 19.4 Å². The third kappa shape index (κ3) is 4.11. The quantitative estimate of drug-likeness (QED) is 0.228. The highest BCUT2D eigenvalue weighted by Gasteiger charge is 2.25. The lowest BCUT2D eigenvalue weighted by Gasteiger charge is -2.23. The lowest BCUT2D eigenvalue weighted by atomic mass is 9.80. The maximum atomic E-state index is 6.49. The van der Waals surface area contributed by atoms with Crippen molar-refractivity contribution in [2.24, 2.45) is 0 Å². The molecule has 4 aromatic carbocycles. The average molecular weight is 530 g/mol. The molecule has 8 rings (SSSR count). The van der Waals surface area contributed by atoms with Crippen LogP contribution >= 0.6 is 0 Å². The van der Waals surface area contributed by atoms with E-state index in [1.807, 2.05) is 30.3 Å². The van der Waals surface area contributed by atoms with Gasteiger partial charge in [-0.1, -0.05) is 115 Å². The van der Waals surface area contributed by atoms with E-state index in [0.717, 1.165) is 51.7 Å². The van der Waals surface area contributed by atoms with Gasteiger partial charge in [0.1, 0.15) is 17.0 Å². The van der Waals surface area contributed by atoms with Gasteiger partial charge in [0.05, 0.1) is 0 Å². The van der Waals surface area contributed by atoms with Gasteiger partial charge >= 0.3 is 0 Å². The van der Waals surface area contributed by atoms with E-state index >= 15 is 0 Å². The molecule has 0 bridgehead atoms. The zero-order valence-corrected chi connectivity index (χ0v) is 22.4. The van der Waals surface area contributed by atoms with Crippen LogP contribution in [0.25, 0.3) is 50.8 Å². The number of allylic oxidation sites excluding steroid dienone is 5. The van der Waals surface area contributed by atoms with Gasteiger partial charge in [-0.15, -0.1) is 0 Å². The molecule has 2 unspecified atom stereocenters. The summed E-state index contributed by atoms with van der Waals surface area (Å²) in [7, 11) is 0. The minimum Gasteiger partial charge on any atom is -0.456 e. The molecule has 0 fully saturated rings. The van der Waals surface area contributed by atoms with Crippen LogP contribution in [0.2, 0.25) is 0 Å². The van der Waals surface area contributed by atoms with Gasteiger partial charge in [-0.25, -0.2) is 15.0 Å². The summed E-state index contributed by atoms with van der Waals surface area (Å²) in [5.41, 5.74) is 7.55. The molecule has 4 heteroatoms. The lowest BCUT2D eigenvalue weighted by molar-refractivity contribution is 0.668. The molecule has 0 radical (unpaired) electrons. The van der Waals surface area contributed by atoms with Crippen molar-refractivity contribution in [2.75, 3.05) is 0 Å². The highest BCUT2D eigenvalue weighted by Crippen LogP contribution is 2.44. The van der Waals surface area contributed by atoms with Crippen molar-refractivity contribution in [3.05, 3.63) is 144 Å². The van der Waals surface area contributed by atoms with Gasteiger partial charge in [0.2, 0.25) is 0 Å². The van der Waals surface area contributed by atoms with Gasteiger partial charge in [0.25, 0.3) is 0 Å². The Balaban J connectivity index is 1.38. The monoisotopic (exact) mass is 529 g/mol. The summed E-state index contributed by atoms with van der Waals surface area (Å²) in [6.45, 7) is 0. The molecule has 6 aromatic rings. The van der Waals surface area contributed by atoms with Gasteiger partial charge in [-0.3, -0.25) is 0 Å². The molecule has 0 saturated carbocycles. The van der Waals surface area contributed by atoms with Crippen LogP contribution < -0.4 is 0 Å². The first-order chi connectivity index (χ1) is 20.3. The number of aromatic nitrogens is 3. The van der Waals surface area contributed by atoms with Crippen LogP contribution in [0, 0.1) is 0 Å². The molecule has 2 aliphatic carbocycles. The molecule has 2 atom stereocenters. The fraction of sp³-hybridized carbons (Fsp3) is 0.108. The van der Waals surface area contributed by atoms with E-state index in [1.165, 1.54) is 16.7 Å². The Bertz CT molecular complexity index is 2020. The van der Waals surface area contributed by atoms with Crippen LogP contribution in [0.3, 0.4) is 0 Å². The number of hydrogen-bond acceptors (Lipinski definition) is 4. The summed E-state index contributed by atoms with van der Waals surface area (Å²) in [6, 6.07) is 31.5. The summed E-state index contributed by atoms with van der Waals surface area (Å²) in [6.07, 6.45) is 14.8. The van der Waals surface area contributed by atoms with Crippen molar-refractivity contribution >= 4 is 28.0 Å². The van der Waals surface area contributed by atoms with Gasteiger partial charge in [0, 0.05) is 33.7 Å². The third-order valence-corrected chi connectivity index (χ3v) is 8.21. The Labute approximate surface area is 238 Å². The van der Waals surface area contributed by atoms with E-state index < -0.39 is 0 Å². The van der Waals surface area contributed by atoms with Gasteiger partial charge < -0.3 is 4.42 Å². The largest absolute Gasteiger partial charge is 0.456 e. The number of nitrogens with zero attached hydrogens (tertiary/aromatic N) is 3. The second-order valence-corrected chi connectivity index (χ2v) is 10.7. The molecule has 41 heavy (non-hydrogen) atoms. The van der Waals surface area contributed by atoms with E-state index in [1.54, 1.807) is 0 Å². The van der Waals surface area contributed by atoms with Crippen molar-refractivity contribution < 1.29 is 4.42 Å². The Morgan fingerprint density at radius 1 is 0.610 bits per heavy atom. The zero-order valence-electron chi connectivity index (χ0n) is 22.4. The van der Waals surface area contributed by atoms with Crippen molar-refractivity contribution in [3.8, 4) is 22.8 Å². The molecule has 2 aromatic heterocycles. The van der Waals surface area contributed by atoms with E-state index in [-0.39, 0.29) is 11.8 Å². The molecule has 0 amide bonds. The van der Waals surface area contributed by atoms with Crippen molar-refractivity contribution in [2.45, 2.75) is 24.7 Å². The summed E-state index contributed by atoms with van der Waals surface area (Å²) in [4.78, 5) is 15.1. The molecule has 0 spiro atoms. The van der Waals surface area contributed by atoms with Crippen LogP contribution in [0.15, 0.2) is 126 Å². The molecule has 196 valence electrons. The molecular weight excluding hydrogens is 502 g/mol. The first-order valence-electron chi connectivity index (χ1n) is 14.2. The molecule has 0 aliphatic heterocycles. The molecule has 0 saturated heterocycles. The minimum atomic E-state index is 0.102. The molecule has 0 N–H and O–H groups in total. The van der Waals surface area contributed by atoms with E-state index in [9.17, 15) is 0 Å². The molecule has 4 nitrogen and oxygen atoms in total. The van der Waals surface area contributed by atoms with Crippen LogP contribution in [-0.4, -0.2) is 15.0 Å². The third-order valence-electron chi connectivity index (χ3n) is 8.21. The highest BCUT2D eigenvalue weighted by atomic mass is 16.3. The number of furan rings is 1. The van der Waals surface area contributed by atoms with Crippen LogP contribution in [0.5, 0.6) is 0 Å². The standard InChI is InChI=1S/C37H27N3O/c1-3-13-25(14-4-1)35-38-36(26-15-5-2-6-16-26)40-37(39-35)30-21-11-23-32-34(30)33-29(20-10-22-31(33)41-32)28-19-9-17-24-12-7-8-18-27(24)28/h1-15,17-18,20-23,26,28H,16,19H2. The predicted octanol–water partition coefficient (Wildman–Crippen LogP) is 9.25. The normalized spacial score (nSPS) is 17.8. The smallest absolute Gasteiger partial charge is 0.164 e. The number of fused-ring (bicyclic) bond motifs is 4. The number of benzene rings is 4. The van der Waals surface area contributed by atoms with Crippen molar-refractivity contribution in [1.29, 1.82) is 0 Å². The highest BCUT2D eigenvalue weighted by molar-refractivity contribution is 6.13. The van der Waals surface area contributed by atoms with E-state index in [0.29, 0.717) is 11.6 Å². The fourth-order valence-corrected chi connectivity index (χ4v) is 6.27. The average Bonchev–Trinajstić information content (AvgIpc) is 3.44. The molecule has 2 heterocycles. The zero-order chi connectivity index (χ0) is 27.2. The molecular formula is C37H27N3O. The summed E-state index contributed by atoms with van der Waals surface area (Å²) in [5.74, 6) is 2.48. The molecule has 2 aliphatic rings. The van der Waals surface area contributed by atoms with Gasteiger partial charge in [0.15, 0.2) is 11.6 Å². The Morgan fingerprint density at radius 2 is 1.39 bits per heavy atom. The Morgan fingerprint density at radius 3 is 2.27 bits per heavy atom. The van der Waals surface area contributed by atoms with E-state index in [2.05, 4.69) is 97.1 Å². The maximum absolute atomic E-state index is 6.49. The van der Waals surface area contributed by atoms with Crippen molar-refractivity contribution in [3.63, 3.8) is 0 Å². The maximum Gasteiger partial charge on any atom is 0.164 e. The Hall–Kier alpha value is -5.09. The predicted molar refractivity (Wildman–Crippen MR) is 166 cm³/mol. The van der Waals surface area contributed by atoms with Crippen LogP contribution in [0.1, 0.15) is 47.2 Å². The van der Waals surface area contributed by atoms with Crippen molar-refractivity contribution in [1.82, 2.24) is 15.0 Å². The van der Waals surface area contributed by atoms with Crippen LogP contribution in [-0.2, 0) is 0 Å². The van der Waals surface area contributed by atoms with Gasteiger partial charge in [-0.05, 0) is 41.7 Å². The second kappa shape index (κ2) is 9.83. The topological polar surface area (TPSA) is 51.8 Å². The minimum absolute atomic E-state index is 0.102. The Kier molecular flexibility index (Phi) is 5.70. The van der Waals surface area contributed by atoms with Crippen LogP contribution in [0.4, 0.5) is 0 Å². The lowest BCUT2D eigenvalue weighted by Crippen LogP contribution is -2.08. The summed E-state index contributed by atoms with van der Waals surface area (Å²) in [5, 5.41) is 2.19. The van der Waals surface area contributed by atoms with Gasteiger partial charge in [-0.2, -0.15) is 0 Å². The summed E-state index contributed by atoms with van der Waals surface area (Å²) >= 11 is 0. The SMILES string of the molecule is C1=CCC(c2nc(-c3ccccc3)nc(-c3cccc4oc5cccc(C6CC=Cc7ccccc76)c5c34)n2)C=C1. The number of hydrogen-bond donors (Lipinski definition) is 0. The second-order valence-electron chi connectivity index (χ2n) is 10.7. The first-order valence-corrected chi connectivity index (χ1v) is 14.2. The number of rotatable bonds is 4. The fourth-order valence-electron chi connectivity index (χ4n) is 6.27. The first kappa shape index (κ1) is 23.8.